The van der Waals surface area contributed by atoms with E-state index in [2.05, 4.69) is 19.2 Å². The van der Waals surface area contributed by atoms with Crippen LogP contribution >= 0.6 is 11.6 Å². The number of hydrogen-bond donors (Lipinski definition) is 1. The number of carbonyl (C=O) groups excluding carboxylic acids is 2. The van der Waals surface area contributed by atoms with Gasteiger partial charge in [0.25, 0.3) is 0 Å². The molecule has 1 saturated carbocycles. The first-order chi connectivity index (χ1) is 17.5. The molecule has 1 atom stereocenters. The Balaban J connectivity index is 1.86. The van der Waals surface area contributed by atoms with Crippen LogP contribution in [0.3, 0.4) is 0 Å². The monoisotopic (exact) mass is 547 g/mol. The van der Waals surface area contributed by atoms with E-state index in [1.165, 1.54) is 11.3 Å². The van der Waals surface area contributed by atoms with E-state index >= 15 is 0 Å². The Kier molecular flexibility index (Phi) is 10.0. The third-order valence-corrected chi connectivity index (χ3v) is 8.30. The van der Waals surface area contributed by atoms with Gasteiger partial charge in [0, 0.05) is 17.6 Å². The molecular formula is C28H38ClN3O4S. The van der Waals surface area contributed by atoms with E-state index in [1.807, 2.05) is 12.1 Å². The number of nitrogens with one attached hydrogen (secondary N) is 1. The van der Waals surface area contributed by atoms with Gasteiger partial charge >= 0.3 is 0 Å². The fourth-order valence-corrected chi connectivity index (χ4v) is 5.55. The van der Waals surface area contributed by atoms with E-state index in [0.717, 1.165) is 47.4 Å². The van der Waals surface area contributed by atoms with Gasteiger partial charge < -0.3 is 10.2 Å². The average Bonchev–Trinajstić information content (AvgIpc) is 2.86. The molecule has 0 saturated heterocycles. The Labute approximate surface area is 226 Å². The molecule has 7 nitrogen and oxygen atoms in total. The third kappa shape index (κ3) is 8.20. The standard InChI is InChI=1S/C28H38ClN3O4S/c1-20(2)23-12-16-26(17-13-23)32(37(4,35)36)19-27(33)31(18-22-10-14-24(29)15-11-22)21(3)28(34)30-25-8-6-5-7-9-25/h10-17,20-21,25H,5-9,18-19H2,1-4H3,(H,30,34)/t21-/m1/s1. The zero-order chi connectivity index (χ0) is 27.2. The molecule has 2 aromatic rings. The topological polar surface area (TPSA) is 86.8 Å². The number of benzene rings is 2. The van der Waals surface area contributed by atoms with Gasteiger partial charge in [-0.3, -0.25) is 13.9 Å². The molecular weight excluding hydrogens is 510 g/mol. The molecule has 0 spiro atoms. The maximum atomic E-state index is 13.7. The lowest BCUT2D eigenvalue weighted by molar-refractivity contribution is -0.139. The number of anilines is 1. The number of carbonyl (C=O) groups is 2. The second-order valence-electron chi connectivity index (χ2n) is 10.2. The second-order valence-corrected chi connectivity index (χ2v) is 12.5. The SMILES string of the molecule is CC(C)c1ccc(N(CC(=O)N(Cc2ccc(Cl)cc2)[C@H](C)C(=O)NC2CCCCC2)S(C)(=O)=O)cc1. The first kappa shape index (κ1) is 29.0. The molecule has 1 aliphatic carbocycles. The number of sulfonamides is 1. The van der Waals surface area contributed by atoms with E-state index < -0.39 is 28.5 Å². The van der Waals surface area contributed by atoms with E-state index in [4.69, 9.17) is 11.6 Å². The van der Waals surface area contributed by atoms with E-state index in [-0.39, 0.29) is 18.5 Å². The highest BCUT2D eigenvalue weighted by atomic mass is 35.5. The molecule has 0 bridgehead atoms. The van der Waals surface area contributed by atoms with E-state index in [1.54, 1.807) is 43.3 Å². The molecule has 3 rings (SSSR count). The summed E-state index contributed by atoms with van der Waals surface area (Å²) < 4.78 is 26.6. The summed E-state index contributed by atoms with van der Waals surface area (Å²) in [6.45, 7) is 5.55. The van der Waals surface area contributed by atoms with Gasteiger partial charge in [0.1, 0.15) is 12.6 Å². The maximum Gasteiger partial charge on any atom is 0.244 e. The van der Waals surface area contributed by atoms with Crippen LogP contribution in [-0.4, -0.2) is 50.0 Å². The van der Waals surface area contributed by atoms with Gasteiger partial charge in [-0.25, -0.2) is 8.42 Å². The normalized spacial score (nSPS) is 15.3. The number of rotatable bonds is 10. The zero-order valence-corrected chi connectivity index (χ0v) is 23.7. The number of halogens is 1. The summed E-state index contributed by atoms with van der Waals surface area (Å²) >= 11 is 6.03. The van der Waals surface area contributed by atoms with Crippen LogP contribution in [-0.2, 0) is 26.2 Å². The third-order valence-electron chi connectivity index (χ3n) is 6.91. The summed E-state index contributed by atoms with van der Waals surface area (Å²) in [6.07, 6.45) is 6.26. The van der Waals surface area contributed by atoms with Crippen LogP contribution in [0.25, 0.3) is 0 Å². The van der Waals surface area contributed by atoms with Crippen LogP contribution < -0.4 is 9.62 Å². The first-order valence-electron chi connectivity index (χ1n) is 12.9. The lowest BCUT2D eigenvalue weighted by Crippen LogP contribution is -2.52. The van der Waals surface area contributed by atoms with Gasteiger partial charge in [0.05, 0.1) is 11.9 Å². The average molecular weight is 548 g/mol. The van der Waals surface area contributed by atoms with Gasteiger partial charge in [0.15, 0.2) is 0 Å². The molecule has 9 heteroatoms. The second kappa shape index (κ2) is 12.8. The van der Waals surface area contributed by atoms with Crippen molar-refractivity contribution in [3.05, 3.63) is 64.7 Å². The predicted molar refractivity (Wildman–Crippen MR) is 149 cm³/mol. The highest BCUT2D eigenvalue weighted by Gasteiger charge is 2.31. The highest BCUT2D eigenvalue weighted by molar-refractivity contribution is 7.92. The van der Waals surface area contributed by atoms with E-state index in [9.17, 15) is 18.0 Å². The maximum absolute atomic E-state index is 13.7. The van der Waals surface area contributed by atoms with Gasteiger partial charge in [-0.15, -0.1) is 0 Å². The molecule has 1 aliphatic rings. The quantitative estimate of drug-likeness (QED) is 0.448. The first-order valence-corrected chi connectivity index (χ1v) is 15.1. The van der Waals surface area contributed by atoms with Crippen LogP contribution in [0, 0.1) is 0 Å². The van der Waals surface area contributed by atoms with E-state index in [0.29, 0.717) is 16.6 Å². The molecule has 0 heterocycles. The molecule has 0 radical (unpaired) electrons. The Hall–Kier alpha value is -2.58. The number of hydrogen-bond acceptors (Lipinski definition) is 4. The smallest absolute Gasteiger partial charge is 0.244 e. The lowest BCUT2D eigenvalue weighted by Gasteiger charge is -2.33. The molecule has 2 aromatic carbocycles. The largest absolute Gasteiger partial charge is 0.352 e. The zero-order valence-electron chi connectivity index (χ0n) is 22.1. The number of amides is 2. The predicted octanol–water partition coefficient (Wildman–Crippen LogP) is 5.10. The summed E-state index contributed by atoms with van der Waals surface area (Å²) in [5.41, 5.74) is 2.27. The van der Waals surface area contributed by atoms with Gasteiger partial charge in [0.2, 0.25) is 21.8 Å². The Morgan fingerprint density at radius 3 is 2.11 bits per heavy atom. The van der Waals surface area contributed by atoms with Crippen LogP contribution in [0.5, 0.6) is 0 Å². The molecule has 37 heavy (non-hydrogen) atoms. The van der Waals surface area contributed by atoms with Crippen LogP contribution in [0.4, 0.5) is 5.69 Å². The van der Waals surface area contributed by atoms with Crippen molar-refractivity contribution in [1.29, 1.82) is 0 Å². The van der Waals surface area contributed by atoms with Crippen molar-refractivity contribution in [1.82, 2.24) is 10.2 Å². The minimum Gasteiger partial charge on any atom is -0.352 e. The van der Waals surface area contributed by atoms with Crippen LogP contribution in [0.15, 0.2) is 48.5 Å². The Bertz CT molecular complexity index is 1160. The molecule has 0 unspecified atom stereocenters. The van der Waals surface area contributed by atoms with Crippen molar-refractivity contribution in [3.63, 3.8) is 0 Å². The summed E-state index contributed by atoms with van der Waals surface area (Å²) in [5, 5.41) is 3.66. The van der Waals surface area contributed by atoms with Crippen molar-refractivity contribution < 1.29 is 18.0 Å². The minimum atomic E-state index is -3.76. The summed E-state index contributed by atoms with van der Waals surface area (Å²) in [6, 6.07) is 13.5. The summed E-state index contributed by atoms with van der Waals surface area (Å²) in [7, 11) is -3.76. The molecule has 1 N–H and O–H groups in total. The van der Waals surface area contributed by atoms with Crippen molar-refractivity contribution in [2.24, 2.45) is 0 Å². The fraction of sp³-hybridized carbons (Fsp3) is 0.500. The molecule has 1 fully saturated rings. The Morgan fingerprint density at radius 2 is 1.57 bits per heavy atom. The minimum absolute atomic E-state index is 0.100. The van der Waals surface area contributed by atoms with Crippen molar-refractivity contribution >= 4 is 39.1 Å². The van der Waals surface area contributed by atoms with Gasteiger partial charge in [-0.05, 0) is 61.1 Å². The summed E-state index contributed by atoms with van der Waals surface area (Å²) in [4.78, 5) is 28.3. The van der Waals surface area contributed by atoms with Crippen LogP contribution in [0.1, 0.15) is 69.9 Å². The Morgan fingerprint density at radius 1 is 0.973 bits per heavy atom. The van der Waals surface area contributed by atoms with Crippen LogP contribution in [0.2, 0.25) is 5.02 Å². The van der Waals surface area contributed by atoms with Crippen molar-refractivity contribution in [3.8, 4) is 0 Å². The lowest BCUT2D eigenvalue weighted by atomic mass is 9.95. The fourth-order valence-electron chi connectivity index (χ4n) is 4.58. The molecule has 0 aliphatic heterocycles. The van der Waals surface area contributed by atoms with Crippen molar-refractivity contribution in [2.75, 3.05) is 17.1 Å². The highest BCUT2D eigenvalue weighted by Crippen LogP contribution is 2.23. The van der Waals surface area contributed by atoms with Gasteiger partial charge in [-0.1, -0.05) is 69.0 Å². The summed E-state index contributed by atoms with van der Waals surface area (Å²) in [5.74, 6) is -0.401. The van der Waals surface area contributed by atoms with Gasteiger partial charge in [-0.2, -0.15) is 0 Å². The molecule has 202 valence electrons. The number of nitrogens with zero attached hydrogens (tertiary/aromatic N) is 2. The molecule has 2 amide bonds. The van der Waals surface area contributed by atoms with Crippen molar-refractivity contribution in [2.45, 2.75) is 77.4 Å². The molecule has 0 aromatic heterocycles.